The van der Waals surface area contributed by atoms with E-state index in [2.05, 4.69) is 0 Å². The molecule has 2 saturated carbocycles. The Bertz CT molecular complexity index is 262. The maximum Gasteiger partial charge on any atom is 0.331 e. The van der Waals surface area contributed by atoms with Crippen molar-refractivity contribution in [3.8, 4) is 0 Å². The highest BCUT2D eigenvalue weighted by molar-refractivity contribution is 5.86. The molecule has 0 saturated heterocycles. The van der Waals surface area contributed by atoms with Crippen LogP contribution >= 0.6 is 0 Å². The van der Waals surface area contributed by atoms with Gasteiger partial charge in [0.25, 0.3) is 0 Å². The van der Waals surface area contributed by atoms with Gasteiger partial charge in [-0.15, -0.1) is 0 Å². The number of carbonyl (C=O) groups is 1. The van der Waals surface area contributed by atoms with Crippen LogP contribution in [0.1, 0.15) is 45.4 Å². The van der Waals surface area contributed by atoms with E-state index in [1.54, 1.807) is 6.92 Å². The van der Waals surface area contributed by atoms with Crippen molar-refractivity contribution in [3.05, 3.63) is 11.1 Å². The zero-order valence-corrected chi connectivity index (χ0v) is 8.75. The van der Waals surface area contributed by atoms with Gasteiger partial charge in [0.1, 0.15) is 0 Å². The van der Waals surface area contributed by atoms with Gasteiger partial charge in [0.05, 0.1) is 0 Å². The minimum absolute atomic E-state index is 0.611. The van der Waals surface area contributed by atoms with Gasteiger partial charge in [0.15, 0.2) is 0 Å². The summed E-state index contributed by atoms with van der Waals surface area (Å²) in [4.78, 5) is 10.8. The van der Waals surface area contributed by atoms with E-state index in [1.807, 2.05) is 0 Å². The molecule has 0 spiro atoms. The molecule has 0 aromatic rings. The lowest BCUT2D eigenvalue weighted by molar-refractivity contribution is -0.132. The minimum Gasteiger partial charge on any atom is -0.478 e. The van der Waals surface area contributed by atoms with Crippen molar-refractivity contribution < 1.29 is 9.90 Å². The molecular weight excluding hydrogens is 176 g/mol. The number of carboxylic acid groups (broad SMARTS) is 1. The Labute approximate surface area is 85.0 Å². The van der Waals surface area contributed by atoms with Crippen LogP contribution in [0.4, 0.5) is 0 Å². The molecule has 0 radical (unpaired) electrons. The first kappa shape index (κ1) is 9.75. The number of hydrogen-bond acceptors (Lipinski definition) is 1. The fourth-order valence-electron chi connectivity index (χ4n) is 3.00. The summed E-state index contributed by atoms with van der Waals surface area (Å²) in [5.74, 6) is 0.875. The molecular formula is C12H18O2. The summed E-state index contributed by atoms with van der Waals surface area (Å²) >= 11 is 0. The first-order valence-corrected chi connectivity index (χ1v) is 5.60. The van der Waals surface area contributed by atoms with Gasteiger partial charge in [0, 0.05) is 5.57 Å². The van der Waals surface area contributed by atoms with Crippen molar-refractivity contribution >= 4 is 5.97 Å². The summed E-state index contributed by atoms with van der Waals surface area (Å²) < 4.78 is 0. The standard InChI is InChI=1S/C12H18O2/c1-8(12(13)14)11-6-9-4-2-3-5-10(9)7-11/h9-10H,2-7H2,1H3,(H,13,14). The number of rotatable bonds is 1. The van der Waals surface area contributed by atoms with Gasteiger partial charge >= 0.3 is 5.97 Å². The highest BCUT2D eigenvalue weighted by Gasteiger charge is 2.33. The zero-order valence-electron chi connectivity index (χ0n) is 8.75. The molecule has 2 aliphatic carbocycles. The molecule has 0 aromatic carbocycles. The number of carboxylic acids is 1. The molecule has 2 heteroatoms. The molecule has 0 heterocycles. The van der Waals surface area contributed by atoms with Crippen LogP contribution in [0, 0.1) is 11.8 Å². The molecule has 2 nitrogen and oxygen atoms in total. The Morgan fingerprint density at radius 2 is 1.71 bits per heavy atom. The van der Waals surface area contributed by atoms with E-state index in [-0.39, 0.29) is 0 Å². The smallest absolute Gasteiger partial charge is 0.331 e. The van der Waals surface area contributed by atoms with Crippen molar-refractivity contribution in [2.24, 2.45) is 11.8 Å². The monoisotopic (exact) mass is 194 g/mol. The average molecular weight is 194 g/mol. The first-order valence-electron chi connectivity index (χ1n) is 5.60. The van der Waals surface area contributed by atoms with E-state index in [0.717, 1.165) is 24.7 Å². The minimum atomic E-state index is -0.723. The Hall–Kier alpha value is -0.790. The Morgan fingerprint density at radius 1 is 1.21 bits per heavy atom. The van der Waals surface area contributed by atoms with Crippen molar-refractivity contribution in [1.29, 1.82) is 0 Å². The van der Waals surface area contributed by atoms with Gasteiger partial charge < -0.3 is 5.11 Å². The quantitative estimate of drug-likeness (QED) is 0.651. The molecule has 1 N–H and O–H groups in total. The summed E-state index contributed by atoms with van der Waals surface area (Å²) in [6.45, 7) is 1.76. The molecule has 14 heavy (non-hydrogen) atoms. The third kappa shape index (κ3) is 1.70. The molecule has 0 aromatic heterocycles. The largest absolute Gasteiger partial charge is 0.478 e. The highest BCUT2D eigenvalue weighted by atomic mass is 16.4. The lowest BCUT2D eigenvalue weighted by Crippen LogP contribution is -2.12. The number of allylic oxidation sites excluding steroid dienone is 1. The van der Waals surface area contributed by atoms with E-state index in [9.17, 15) is 4.79 Å². The Kier molecular flexibility index (Phi) is 2.62. The third-order valence-electron chi connectivity index (χ3n) is 3.93. The average Bonchev–Trinajstić information content (AvgIpc) is 2.59. The van der Waals surface area contributed by atoms with Gasteiger partial charge in [-0.1, -0.05) is 18.4 Å². The van der Waals surface area contributed by atoms with Crippen molar-refractivity contribution in [3.63, 3.8) is 0 Å². The van der Waals surface area contributed by atoms with Gasteiger partial charge in [-0.05, 0) is 44.4 Å². The van der Waals surface area contributed by atoms with Gasteiger partial charge in [-0.25, -0.2) is 4.79 Å². The third-order valence-corrected chi connectivity index (χ3v) is 3.93. The van der Waals surface area contributed by atoms with Crippen LogP contribution in [0.3, 0.4) is 0 Å². The van der Waals surface area contributed by atoms with Gasteiger partial charge in [0.2, 0.25) is 0 Å². The summed E-state index contributed by atoms with van der Waals surface area (Å²) in [5, 5.41) is 8.92. The van der Waals surface area contributed by atoms with E-state index in [1.165, 1.54) is 31.3 Å². The second-order valence-electron chi connectivity index (χ2n) is 4.75. The Morgan fingerprint density at radius 3 is 2.14 bits per heavy atom. The van der Waals surface area contributed by atoms with E-state index in [0.29, 0.717) is 5.57 Å². The second kappa shape index (κ2) is 3.76. The second-order valence-corrected chi connectivity index (χ2v) is 4.75. The zero-order chi connectivity index (χ0) is 10.1. The van der Waals surface area contributed by atoms with E-state index in [4.69, 9.17) is 5.11 Å². The SMILES string of the molecule is CC(C(=O)O)=C1CC2CCCCC2C1. The molecule has 2 unspecified atom stereocenters. The first-order chi connectivity index (χ1) is 6.68. The predicted molar refractivity (Wildman–Crippen MR) is 55.0 cm³/mol. The van der Waals surface area contributed by atoms with Crippen LogP contribution in [0.15, 0.2) is 11.1 Å². The van der Waals surface area contributed by atoms with Crippen LogP contribution in [0.2, 0.25) is 0 Å². The molecule has 2 atom stereocenters. The maximum absolute atomic E-state index is 10.8. The summed E-state index contributed by atoms with van der Waals surface area (Å²) in [6.07, 6.45) is 7.45. The summed E-state index contributed by atoms with van der Waals surface area (Å²) in [7, 11) is 0. The van der Waals surface area contributed by atoms with Crippen molar-refractivity contribution in [2.45, 2.75) is 45.4 Å². The van der Waals surface area contributed by atoms with E-state index < -0.39 is 5.97 Å². The van der Waals surface area contributed by atoms with Crippen LogP contribution in [-0.2, 0) is 4.79 Å². The van der Waals surface area contributed by atoms with Crippen molar-refractivity contribution in [2.75, 3.05) is 0 Å². The topological polar surface area (TPSA) is 37.3 Å². The number of fused-ring (bicyclic) bond motifs is 1. The molecule has 0 amide bonds. The molecule has 78 valence electrons. The molecule has 2 aliphatic rings. The lowest BCUT2D eigenvalue weighted by Gasteiger charge is -2.23. The number of hydrogen-bond donors (Lipinski definition) is 1. The van der Waals surface area contributed by atoms with Crippen LogP contribution in [0.25, 0.3) is 0 Å². The lowest BCUT2D eigenvalue weighted by atomic mass is 9.82. The highest BCUT2D eigenvalue weighted by Crippen LogP contribution is 2.45. The van der Waals surface area contributed by atoms with Gasteiger partial charge in [-0.2, -0.15) is 0 Å². The van der Waals surface area contributed by atoms with E-state index >= 15 is 0 Å². The fraction of sp³-hybridized carbons (Fsp3) is 0.750. The fourth-order valence-corrected chi connectivity index (χ4v) is 3.00. The normalized spacial score (nSPS) is 31.4. The molecule has 0 aliphatic heterocycles. The van der Waals surface area contributed by atoms with Crippen LogP contribution < -0.4 is 0 Å². The molecule has 2 rings (SSSR count). The maximum atomic E-state index is 10.8. The summed E-state index contributed by atoms with van der Waals surface area (Å²) in [6, 6.07) is 0. The van der Waals surface area contributed by atoms with Crippen LogP contribution in [-0.4, -0.2) is 11.1 Å². The Balaban J connectivity index is 2.12. The van der Waals surface area contributed by atoms with Crippen molar-refractivity contribution in [1.82, 2.24) is 0 Å². The molecule has 2 fully saturated rings. The molecule has 0 bridgehead atoms. The number of aliphatic carboxylic acids is 1. The summed E-state index contributed by atoms with van der Waals surface area (Å²) in [5.41, 5.74) is 1.83. The van der Waals surface area contributed by atoms with Crippen LogP contribution in [0.5, 0.6) is 0 Å². The van der Waals surface area contributed by atoms with Gasteiger partial charge in [-0.3, -0.25) is 0 Å². The predicted octanol–water partition coefficient (Wildman–Crippen LogP) is 2.99.